The first-order valence-electron chi connectivity index (χ1n) is 10.9. The molecule has 2 heterocycles. The number of hydrogen-bond acceptors (Lipinski definition) is 5. The van der Waals surface area contributed by atoms with Gasteiger partial charge in [-0.25, -0.2) is 4.68 Å². The number of para-hydroxylation sites is 1. The second-order valence-corrected chi connectivity index (χ2v) is 8.27. The minimum Gasteiger partial charge on any atom is -0.339 e. The highest BCUT2D eigenvalue weighted by Gasteiger charge is 2.19. The van der Waals surface area contributed by atoms with Gasteiger partial charge in [-0.05, 0) is 30.5 Å². The monoisotopic (exact) mass is 445 g/mol. The summed E-state index contributed by atoms with van der Waals surface area (Å²) >= 11 is 0. The van der Waals surface area contributed by atoms with E-state index in [1.165, 1.54) is 10.2 Å². The lowest BCUT2D eigenvalue weighted by Crippen LogP contribution is -2.23. The predicted molar refractivity (Wildman–Crippen MR) is 127 cm³/mol. The second kappa shape index (κ2) is 9.28. The van der Waals surface area contributed by atoms with Crippen molar-refractivity contribution in [3.63, 3.8) is 0 Å². The Balaban J connectivity index is 1.42. The Labute approximate surface area is 191 Å². The fourth-order valence-electron chi connectivity index (χ4n) is 3.63. The Hall–Kier alpha value is -3.94. The summed E-state index contributed by atoms with van der Waals surface area (Å²) in [5.41, 5.74) is 3.49. The summed E-state index contributed by atoms with van der Waals surface area (Å²) in [5, 5.41) is 6.78. The Morgan fingerprint density at radius 2 is 1.79 bits per heavy atom. The van der Waals surface area contributed by atoms with Crippen LogP contribution < -0.4 is 10.9 Å². The molecular formula is C25H27N5O3. The fourth-order valence-corrected chi connectivity index (χ4v) is 3.63. The van der Waals surface area contributed by atoms with Gasteiger partial charge in [0.05, 0.1) is 11.4 Å². The molecule has 0 aliphatic heterocycles. The quantitative estimate of drug-likeness (QED) is 0.459. The molecule has 33 heavy (non-hydrogen) atoms. The van der Waals surface area contributed by atoms with E-state index in [9.17, 15) is 9.59 Å². The van der Waals surface area contributed by atoms with Crippen LogP contribution >= 0.6 is 0 Å². The van der Waals surface area contributed by atoms with Crippen LogP contribution in [0.4, 0.5) is 5.69 Å². The number of benzene rings is 2. The van der Waals surface area contributed by atoms with Gasteiger partial charge < -0.3 is 9.84 Å². The van der Waals surface area contributed by atoms with Gasteiger partial charge in [0, 0.05) is 25.5 Å². The van der Waals surface area contributed by atoms with Gasteiger partial charge in [-0.15, -0.1) is 0 Å². The number of nitrogens with one attached hydrogen (secondary N) is 1. The number of nitrogens with zero attached hydrogens (tertiary/aromatic N) is 4. The van der Waals surface area contributed by atoms with Gasteiger partial charge >= 0.3 is 0 Å². The molecule has 2 aromatic carbocycles. The van der Waals surface area contributed by atoms with Crippen molar-refractivity contribution in [3.8, 4) is 17.1 Å². The Kier molecular flexibility index (Phi) is 6.26. The van der Waals surface area contributed by atoms with Gasteiger partial charge in [-0.2, -0.15) is 4.98 Å². The number of aryl methyl sites for hydroxylation is 1. The Morgan fingerprint density at radius 1 is 1.09 bits per heavy atom. The van der Waals surface area contributed by atoms with E-state index in [0.717, 1.165) is 11.3 Å². The number of carbonyl (C=O) groups is 1. The van der Waals surface area contributed by atoms with E-state index in [1.807, 2.05) is 54.6 Å². The fraction of sp³-hybridized carbons (Fsp3) is 0.280. The van der Waals surface area contributed by atoms with Crippen molar-refractivity contribution in [3.05, 3.63) is 82.1 Å². The SMILES string of the molecule is Cc1c(NC(=O)CCc2nc(-c3ccc(C(C)C)cc3)no2)c(=O)n(-c2ccccc2)n1C. The standard InChI is InChI=1S/C25H27N5O3/c1-16(2)18-10-12-19(13-11-18)24-27-22(33-28-24)15-14-21(31)26-23-17(3)29(4)30(25(23)32)20-8-6-5-7-9-20/h5-13,16H,14-15H2,1-4H3,(H,26,31). The largest absolute Gasteiger partial charge is 0.339 e. The smallest absolute Gasteiger partial charge is 0.295 e. The van der Waals surface area contributed by atoms with Gasteiger partial charge in [0.25, 0.3) is 5.56 Å². The van der Waals surface area contributed by atoms with Crippen molar-refractivity contribution in [2.24, 2.45) is 7.05 Å². The van der Waals surface area contributed by atoms with Crippen LogP contribution in [-0.2, 0) is 18.3 Å². The summed E-state index contributed by atoms with van der Waals surface area (Å²) in [6.07, 6.45) is 0.398. The maximum absolute atomic E-state index is 12.9. The molecule has 0 saturated carbocycles. The minimum atomic E-state index is -0.290. The van der Waals surface area contributed by atoms with E-state index in [1.54, 1.807) is 18.7 Å². The van der Waals surface area contributed by atoms with Crippen LogP contribution in [0, 0.1) is 6.92 Å². The first-order valence-corrected chi connectivity index (χ1v) is 10.9. The maximum atomic E-state index is 12.9. The zero-order valence-corrected chi connectivity index (χ0v) is 19.2. The van der Waals surface area contributed by atoms with E-state index in [-0.39, 0.29) is 30.0 Å². The van der Waals surface area contributed by atoms with Crippen LogP contribution in [0.3, 0.4) is 0 Å². The number of anilines is 1. The summed E-state index contributed by atoms with van der Waals surface area (Å²) in [4.78, 5) is 29.9. The molecule has 170 valence electrons. The molecule has 0 fully saturated rings. The van der Waals surface area contributed by atoms with Gasteiger partial charge in [0.15, 0.2) is 0 Å². The first-order chi connectivity index (χ1) is 15.8. The molecule has 1 N–H and O–H groups in total. The molecule has 0 aliphatic carbocycles. The maximum Gasteiger partial charge on any atom is 0.295 e. The molecule has 0 spiro atoms. The minimum absolute atomic E-state index is 0.118. The highest BCUT2D eigenvalue weighted by Crippen LogP contribution is 2.21. The molecule has 2 aromatic heterocycles. The zero-order valence-electron chi connectivity index (χ0n) is 19.2. The van der Waals surface area contributed by atoms with Gasteiger partial charge in [0.1, 0.15) is 5.69 Å². The highest BCUT2D eigenvalue weighted by molar-refractivity contribution is 5.91. The predicted octanol–water partition coefficient (Wildman–Crippen LogP) is 4.23. The average molecular weight is 446 g/mol. The molecule has 8 heteroatoms. The second-order valence-electron chi connectivity index (χ2n) is 8.27. The van der Waals surface area contributed by atoms with Gasteiger partial charge in [0.2, 0.25) is 17.6 Å². The van der Waals surface area contributed by atoms with Gasteiger partial charge in [-0.1, -0.05) is 61.5 Å². The third-order valence-electron chi connectivity index (χ3n) is 5.69. The first kappa shape index (κ1) is 22.3. The third kappa shape index (κ3) is 4.64. The molecule has 0 unspecified atom stereocenters. The average Bonchev–Trinajstić information content (AvgIpc) is 3.37. The summed E-state index contributed by atoms with van der Waals surface area (Å²) in [6, 6.07) is 17.3. The van der Waals surface area contributed by atoms with Crippen molar-refractivity contribution in [2.45, 2.75) is 39.5 Å². The van der Waals surface area contributed by atoms with E-state index < -0.39 is 0 Å². The molecule has 4 rings (SSSR count). The Morgan fingerprint density at radius 3 is 2.45 bits per heavy atom. The van der Waals surface area contributed by atoms with Crippen molar-refractivity contribution >= 4 is 11.6 Å². The third-order valence-corrected chi connectivity index (χ3v) is 5.69. The van der Waals surface area contributed by atoms with Crippen molar-refractivity contribution in [1.29, 1.82) is 0 Å². The topological polar surface area (TPSA) is 95.0 Å². The lowest BCUT2D eigenvalue weighted by molar-refractivity contribution is -0.116. The van der Waals surface area contributed by atoms with Crippen LogP contribution in [0.1, 0.15) is 43.3 Å². The number of rotatable bonds is 7. The molecule has 4 aromatic rings. The van der Waals surface area contributed by atoms with Crippen LogP contribution in [0.15, 0.2) is 63.9 Å². The number of hydrogen-bond donors (Lipinski definition) is 1. The lowest BCUT2D eigenvalue weighted by atomic mass is 10.0. The van der Waals surface area contributed by atoms with E-state index in [0.29, 0.717) is 23.3 Å². The molecular weight excluding hydrogens is 418 g/mol. The number of carbonyl (C=O) groups excluding carboxylic acids is 1. The van der Waals surface area contributed by atoms with Crippen LogP contribution in [0.25, 0.3) is 17.1 Å². The Bertz CT molecular complexity index is 1310. The molecule has 0 radical (unpaired) electrons. The summed E-state index contributed by atoms with van der Waals surface area (Å²) < 4.78 is 8.57. The van der Waals surface area contributed by atoms with E-state index in [2.05, 4.69) is 29.3 Å². The van der Waals surface area contributed by atoms with Crippen molar-refractivity contribution in [2.75, 3.05) is 5.32 Å². The van der Waals surface area contributed by atoms with Crippen LogP contribution in [0.5, 0.6) is 0 Å². The molecule has 0 saturated heterocycles. The lowest BCUT2D eigenvalue weighted by Gasteiger charge is -2.07. The summed E-state index contributed by atoms with van der Waals surface area (Å²) in [6.45, 7) is 6.08. The van der Waals surface area contributed by atoms with E-state index >= 15 is 0 Å². The van der Waals surface area contributed by atoms with Crippen molar-refractivity contribution < 1.29 is 9.32 Å². The molecule has 1 amide bonds. The molecule has 8 nitrogen and oxygen atoms in total. The molecule has 0 aliphatic rings. The van der Waals surface area contributed by atoms with Crippen LogP contribution in [-0.4, -0.2) is 25.4 Å². The molecule has 0 bridgehead atoms. The number of aromatic nitrogens is 4. The normalized spacial score (nSPS) is 11.2. The summed E-state index contributed by atoms with van der Waals surface area (Å²) in [5.74, 6) is 1.02. The van der Waals surface area contributed by atoms with Crippen molar-refractivity contribution in [1.82, 2.24) is 19.5 Å². The van der Waals surface area contributed by atoms with Gasteiger partial charge in [-0.3, -0.25) is 14.3 Å². The zero-order chi connectivity index (χ0) is 23.5. The van der Waals surface area contributed by atoms with E-state index in [4.69, 9.17) is 4.52 Å². The highest BCUT2D eigenvalue weighted by atomic mass is 16.5. The molecule has 0 atom stereocenters. The number of amides is 1. The van der Waals surface area contributed by atoms with Crippen LogP contribution in [0.2, 0.25) is 0 Å². The summed E-state index contributed by atoms with van der Waals surface area (Å²) in [7, 11) is 1.78.